The lowest BCUT2D eigenvalue weighted by Crippen LogP contribution is -2.44. The molecule has 47 heavy (non-hydrogen) atoms. The number of nitrogen functional groups attached to an aromatic ring is 1. The van der Waals surface area contributed by atoms with E-state index in [1.165, 1.54) is 119 Å². The number of non-ortho nitro benzene ring substituents is 1. The van der Waals surface area contributed by atoms with Gasteiger partial charge in [0.15, 0.2) is 0 Å². The van der Waals surface area contributed by atoms with Gasteiger partial charge in [0.25, 0.3) is 5.69 Å². The second-order valence-corrected chi connectivity index (χ2v) is 14.7. The third kappa shape index (κ3) is 10.2. The maximum Gasteiger partial charge on any atom is 0.269 e. The largest absolute Gasteiger partial charge is 0.399 e. The molecule has 2 unspecified atom stereocenters. The van der Waals surface area contributed by atoms with Gasteiger partial charge < -0.3 is 25.3 Å². The predicted octanol–water partition coefficient (Wildman–Crippen LogP) is 6.54. The first-order valence-electron chi connectivity index (χ1n) is 18.2. The van der Waals surface area contributed by atoms with Gasteiger partial charge in [-0.25, -0.2) is 0 Å². The Morgan fingerprint density at radius 2 is 1.17 bits per heavy atom. The van der Waals surface area contributed by atoms with Gasteiger partial charge in [0.2, 0.25) is 0 Å². The van der Waals surface area contributed by atoms with Crippen LogP contribution in [0.25, 0.3) is 0 Å². The Hall–Kier alpha value is -2.52. The van der Waals surface area contributed by atoms with Gasteiger partial charge in [-0.1, -0.05) is 33.4 Å². The molecule has 6 rings (SSSR count). The number of nitro benzene ring substituents is 1. The van der Waals surface area contributed by atoms with Gasteiger partial charge in [0.1, 0.15) is 0 Å². The summed E-state index contributed by atoms with van der Waals surface area (Å²) in [6.45, 7) is 14.2. The molecule has 0 bridgehead atoms. The molecular weight excluding hydrogens is 584 g/mol. The van der Waals surface area contributed by atoms with Crippen molar-refractivity contribution in [2.75, 3.05) is 72.2 Å². The fourth-order valence-corrected chi connectivity index (χ4v) is 8.44. The molecule has 2 saturated heterocycles. The highest BCUT2D eigenvalue weighted by Crippen LogP contribution is 2.30. The third-order valence-corrected chi connectivity index (χ3v) is 11.5. The summed E-state index contributed by atoms with van der Waals surface area (Å²) in [5, 5.41) is 11.0. The van der Waals surface area contributed by atoms with Crippen LogP contribution in [-0.4, -0.2) is 103 Å². The van der Waals surface area contributed by atoms with E-state index in [0.29, 0.717) is 12.1 Å². The molecule has 2 fully saturated rings. The van der Waals surface area contributed by atoms with Crippen LogP contribution in [0.2, 0.25) is 0 Å². The zero-order valence-electron chi connectivity index (χ0n) is 29.1. The number of hydrogen-bond acceptors (Lipinski definition) is 7. The Kier molecular flexibility index (Phi) is 14.1. The lowest BCUT2D eigenvalue weighted by atomic mass is 9.86. The Morgan fingerprint density at radius 3 is 1.62 bits per heavy atom. The van der Waals surface area contributed by atoms with E-state index in [4.69, 9.17) is 5.73 Å². The van der Waals surface area contributed by atoms with E-state index in [1.54, 1.807) is 12.1 Å². The van der Waals surface area contributed by atoms with Gasteiger partial charge >= 0.3 is 0 Å². The zero-order chi connectivity index (χ0) is 32.6. The van der Waals surface area contributed by atoms with E-state index in [-0.39, 0.29) is 18.0 Å². The normalized spacial score (nSPS) is 22.6. The van der Waals surface area contributed by atoms with Crippen LogP contribution in [0.3, 0.4) is 0 Å². The lowest BCUT2D eigenvalue weighted by molar-refractivity contribution is -0.384. The monoisotopic (exact) mass is 649 g/mol. The van der Waals surface area contributed by atoms with Crippen molar-refractivity contribution in [1.29, 1.82) is 0 Å². The van der Waals surface area contributed by atoms with E-state index >= 15 is 0 Å². The number of nitrogens with two attached hydrogens (primary N) is 1. The van der Waals surface area contributed by atoms with E-state index in [0.717, 1.165) is 36.9 Å². The molecule has 2 aromatic rings. The molecule has 0 radical (unpaired) electrons. The molecule has 8 heteroatoms. The van der Waals surface area contributed by atoms with Crippen molar-refractivity contribution in [2.45, 2.75) is 97.6 Å². The van der Waals surface area contributed by atoms with Crippen LogP contribution in [0.15, 0.2) is 36.4 Å². The van der Waals surface area contributed by atoms with Crippen LogP contribution in [0, 0.1) is 22.0 Å². The highest BCUT2D eigenvalue weighted by Gasteiger charge is 2.29. The Morgan fingerprint density at radius 1 is 0.723 bits per heavy atom. The third-order valence-electron chi connectivity index (χ3n) is 11.5. The molecule has 0 spiro atoms. The molecule has 262 valence electrons. The van der Waals surface area contributed by atoms with E-state index < -0.39 is 0 Å². The van der Waals surface area contributed by atoms with Gasteiger partial charge in [-0.3, -0.25) is 10.1 Å². The summed E-state index contributed by atoms with van der Waals surface area (Å²) in [5.74, 6) is 1.69. The van der Waals surface area contributed by atoms with Crippen LogP contribution in [0.5, 0.6) is 0 Å². The second kappa shape index (κ2) is 17.8. The summed E-state index contributed by atoms with van der Waals surface area (Å²) in [5.41, 5.74) is 12.6. The molecule has 2 heterocycles. The number of anilines is 1. The number of nitrogens with zero attached hydrogens (tertiary/aromatic N) is 5. The number of piperidine rings is 2. The molecule has 2 aliphatic heterocycles. The number of rotatable bonds is 9. The minimum Gasteiger partial charge on any atom is -0.399 e. The van der Waals surface area contributed by atoms with Crippen LogP contribution in [0.4, 0.5) is 11.4 Å². The SMILES string of the molecule is C.CCN(CC1CCN(C)CC1)C1CCc2ccc(N)cc2C1.CCN(CC1CCN(C)CC1)C1CCc2ccc([N+](=O)[O-])cc2C1. The fourth-order valence-electron chi connectivity index (χ4n) is 8.44. The maximum atomic E-state index is 11.0. The quantitative estimate of drug-likeness (QED) is 0.188. The Labute approximate surface area is 285 Å². The van der Waals surface area contributed by atoms with Crippen molar-refractivity contribution in [3.8, 4) is 0 Å². The average molecular weight is 649 g/mol. The first kappa shape index (κ1) is 37.3. The van der Waals surface area contributed by atoms with Crippen molar-refractivity contribution in [1.82, 2.24) is 19.6 Å². The Bertz CT molecular complexity index is 1270. The number of nitro groups is 1. The summed E-state index contributed by atoms with van der Waals surface area (Å²) >= 11 is 0. The summed E-state index contributed by atoms with van der Waals surface area (Å²) in [6.07, 6.45) is 12.2. The minimum absolute atomic E-state index is 0. The molecular formula is C39H64N6O2. The highest BCUT2D eigenvalue weighted by atomic mass is 16.6. The van der Waals surface area contributed by atoms with Gasteiger partial charge in [-0.2, -0.15) is 0 Å². The van der Waals surface area contributed by atoms with Crippen molar-refractivity contribution in [3.63, 3.8) is 0 Å². The summed E-state index contributed by atoms with van der Waals surface area (Å²) < 4.78 is 0. The average Bonchev–Trinajstić information content (AvgIpc) is 3.07. The standard InChI is InChI=1S/C19H29N3O2.C19H31N3.CH4/c1-3-21(14-15-8-10-20(2)11-9-15)18-6-4-16-5-7-19(22(23)24)13-17(16)12-18;1-3-22(14-15-8-10-21(2)11-9-15)19-7-5-16-4-6-18(20)12-17(16)13-19;/h5,7,13,15,18H,3-4,6,8-12,14H2,1-2H3;4,6,12,15,19H,3,5,7-11,13-14,20H2,1-2H3;1H4. The highest BCUT2D eigenvalue weighted by molar-refractivity contribution is 5.46. The molecule has 0 amide bonds. The summed E-state index contributed by atoms with van der Waals surface area (Å²) in [6, 6.07) is 13.1. The molecule has 2 atom stereocenters. The van der Waals surface area contributed by atoms with E-state index in [9.17, 15) is 10.1 Å². The first-order valence-corrected chi connectivity index (χ1v) is 18.2. The number of aryl methyl sites for hydroxylation is 2. The number of fused-ring (bicyclic) bond motifs is 2. The predicted molar refractivity (Wildman–Crippen MR) is 197 cm³/mol. The van der Waals surface area contributed by atoms with Gasteiger partial charge in [0, 0.05) is 43.0 Å². The first-order chi connectivity index (χ1) is 22.2. The molecule has 2 aromatic carbocycles. The number of benzene rings is 2. The van der Waals surface area contributed by atoms with Gasteiger partial charge in [-0.05, 0) is 164 Å². The van der Waals surface area contributed by atoms with Crippen molar-refractivity contribution >= 4 is 11.4 Å². The number of hydrogen-bond donors (Lipinski definition) is 1. The lowest BCUT2D eigenvalue weighted by Gasteiger charge is -2.38. The number of likely N-dealkylation sites (tertiary alicyclic amines) is 2. The molecule has 8 nitrogen and oxygen atoms in total. The molecule has 0 aromatic heterocycles. The van der Waals surface area contributed by atoms with E-state index in [1.807, 2.05) is 6.07 Å². The summed E-state index contributed by atoms with van der Waals surface area (Å²) in [7, 11) is 4.45. The van der Waals surface area contributed by atoms with Crippen LogP contribution in [0.1, 0.15) is 82.1 Å². The van der Waals surface area contributed by atoms with E-state index in [2.05, 4.69) is 65.7 Å². The van der Waals surface area contributed by atoms with Crippen molar-refractivity contribution in [2.24, 2.45) is 11.8 Å². The van der Waals surface area contributed by atoms with Gasteiger partial charge in [0.05, 0.1) is 4.92 Å². The fraction of sp³-hybridized carbons (Fsp3) is 0.692. The Balaban J connectivity index is 0.000000209. The van der Waals surface area contributed by atoms with Crippen LogP contribution in [-0.2, 0) is 25.7 Å². The van der Waals surface area contributed by atoms with Crippen molar-refractivity contribution < 1.29 is 4.92 Å². The topological polar surface area (TPSA) is 82.1 Å². The van der Waals surface area contributed by atoms with Crippen LogP contribution < -0.4 is 5.73 Å². The van der Waals surface area contributed by atoms with Crippen molar-refractivity contribution in [3.05, 3.63) is 68.8 Å². The number of likely N-dealkylation sites (N-methyl/N-ethyl adjacent to an activating group) is 2. The van der Waals surface area contributed by atoms with Crippen LogP contribution >= 0.6 is 0 Å². The summed E-state index contributed by atoms with van der Waals surface area (Å²) in [4.78, 5) is 21.0. The molecule has 4 aliphatic rings. The molecule has 2 aliphatic carbocycles. The molecule has 2 N–H and O–H groups in total. The maximum absolute atomic E-state index is 11.0. The second-order valence-electron chi connectivity index (χ2n) is 14.7. The zero-order valence-corrected chi connectivity index (χ0v) is 29.1. The smallest absolute Gasteiger partial charge is 0.269 e. The molecule has 0 saturated carbocycles. The minimum atomic E-state index is -0.278. The van der Waals surface area contributed by atoms with Gasteiger partial charge in [-0.15, -0.1) is 0 Å².